The lowest BCUT2D eigenvalue weighted by Gasteiger charge is -2.26. The second-order valence-corrected chi connectivity index (χ2v) is 6.57. The van der Waals surface area contributed by atoms with Gasteiger partial charge in [0.15, 0.2) is 5.65 Å². The first-order valence-electron chi connectivity index (χ1n) is 6.46. The molecule has 108 valence electrons. The van der Waals surface area contributed by atoms with Crippen LogP contribution >= 0.6 is 11.6 Å². The van der Waals surface area contributed by atoms with E-state index in [4.69, 9.17) is 16.7 Å². The maximum Gasteiger partial charge on any atom is 0.337 e. The van der Waals surface area contributed by atoms with Gasteiger partial charge >= 0.3 is 5.97 Å². The van der Waals surface area contributed by atoms with E-state index in [9.17, 15) is 4.79 Å². The van der Waals surface area contributed by atoms with Crippen LogP contribution < -0.4 is 0 Å². The molecule has 1 N–H and O–H groups in total. The van der Waals surface area contributed by atoms with Crippen LogP contribution in [0.2, 0.25) is 5.02 Å². The van der Waals surface area contributed by atoms with E-state index in [0.29, 0.717) is 23.0 Å². The van der Waals surface area contributed by atoms with E-state index in [1.807, 2.05) is 0 Å². The molecule has 0 aliphatic rings. The largest absolute Gasteiger partial charge is 0.478 e. The zero-order valence-electron chi connectivity index (χ0n) is 12.0. The van der Waals surface area contributed by atoms with Crippen LogP contribution in [0.4, 0.5) is 0 Å². The van der Waals surface area contributed by atoms with Crippen molar-refractivity contribution in [3.8, 4) is 0 Å². The second-order valence-electron chi connectivity index (χ2n) is 6.16. The van der Waals surface area contributed by atoms with Crippen LogP contribution in [0.15, 0.2) is 12.3 Å². The number of aromatic nitrogens is 3. The summed E-state index contributed by atoms with van der Waals surface area (Å²) in [6.07, 6.45) is 2.23. The Morgan fingerprint density at radius 3 is 2.65 bits per heavy atom. The van der Waals surface area contributed by atoms with Crippen LogP contribution in [0.5, 0.6) is 0 Å². The van der Waals surface area contributed by atoms with Crippen molar-refractivity contribution in [2.45, 2.75) is 34.1 Å². The zero-order chi connectivity index (χ0) is 15.1. The maximum atomic E-state index is 11.1. The summed E-state index contributed by atoms with van der Waals surface area (Å²) in [5.41, 5.74) is 0.764. The summed E-state index contributed by atoms with van der Waals surface area (Å²) in [5.74, 6) is 0.0897. The Hall–Kier alpha value is -1.62. The second kappa shape index (κ2) is 5.05. The third-order valence-electron chi connectivity index (χ3n) is 3.74. The van der Waals surface area contributed by atoms with Gasteiger partial charge in [0, 0.05) is 12.6 Å². The molecule has 0 amide bonds. The summed E-state index contributed by atoms with van der Waals surface area (Å²) >= 11 is 6.06. The molecule has 0 radical (unpaired) electrons. The van der Waals surface area contributed by atoms with E-state index in [1.54, 1.807) is 4.40 Å². The van der Waals surface area contributed by atoms with Crippen LogP contribution in [0, 0.1) is 11.3 Å². The topological polar surface area (TPSA) is 67.5 Å². The van der Waals surface area contributed by atoms with Gasteiger partial charge in [-0.3, -0.25) is 4.40 Å². The molecule has 2 aromatic heterocycles. The van der Waals surface area contributed by atoms with Gasteiger partial charge in [0.2, 0.25) is 0 Å². The molecule has 1 unspecified atom stereocenters. The number of hydrogen-bond donors (Lipinski definition) is 1. The first-order valence-corrected chi connectivity index (χ1v) is 6.84. The minimum absolute atomic E-state index is 0.131. The number of halogens is 1. The molecule has 5 nitrogen and oxygen atoms in total. The summed E-state index contributed by atoms with van der Waals surface area (Å²) in [7, 11) is 0. The zero-order valence-corrected chi connectivity index (χ0v) is 12.8. The minimum atomic E-state index is -1.02. The molecule has 1 atom stereocenters. The molecule has 0 saturated carbocycles. The Kier molecular flexibility index (Phi) is 3.73. The molecule has 0 aliphatic heterocycles. The van der Waals surface area contributed by atoms with Crippen molar-refractivity contribution in [2.24, 2.45) is 11.3 Å². The van der Waals surface area contributed by atoms with E-state index in [1.165, 1.54) is 12.3 Å². The molecule has 20 heavy (non-hydrogen) atoms. The van der Waals surface area contributed by atoms with E-state index >= 15 is 0 Å². The SMILES string of the molecule is CC(Cc1nnc2c(Cl)cc(C(=O)O)cn12)C(C)(C)C. The third kappa shape index (κ3) is 2.77. The van der Waals surface area contributed by atoms with Gasteiger partial charge in [-0.2, -0.15) is 0 Å². The van der Waals surface area contributed by atoms with Crippen molar-refractivity contribution in [1.82, 2.24) is 14.6 Å². The molecule has 0 aromatic carbocycles. The van der Waals surface area contributed by atoms with E-state index in [0.717, 1.165) is 5.82 Å². The average Bonchev–Trinajstić information content (AvgIpc) is 2.71. The Labute approximate surface area is 122 Å². The van der Waals surface area contributed by atoms with E-state index in [2.05, 4.69) is 37.9 Å². The lowest BCUT2D eigenvalue weighted by Crippen LogP contribution is -2.20. The number of rotatable bonds is 3. The predicted molar refractivity (Wildman–Crippen MR) is 77.3 cm³/mol. The van der Waals surface area contributed by atoms with Gasteiger partial charge in [-0.1, -0.05) is 39.3 Å². The number of carbonyl (C=O) groups is 1. The number of nitrogens with zero attached hydrogens (tertiary/aromatic N) is 3. The van der Waals surface area contributed by atoms with Gasteiger partial charge in [0.05, 0.1) is 10.6 Å². The average molecular weight is 296 g/mol. The standard InChI is InChI=1S/C14H18ClN3O2/c1-8(14(2,3)4)5-11-16-17-12-10(15)6-9(13(19)20)7-18(11)12/h6-8H,5H2,1-4H3,(H,19,20). The highest BCUT2D eigenvalue weighted by atomic mass is 35.5. The quantitative estimate of drug-likeness (QED) is 0.943. The number of pyridine rings is 1. The number of fused-ring (bicyclic) bond motifs is 1. The molecule has 0 bridgehead atoms. The smallest absolute Gasteiger partial charge is 0.337 e. The molecule has 2 rings (SSSR count). The monoisotopic (exact) mass is 295 g/mol. The maximum absolute atomic E-state index is 11.1. The Bertz CT molecular complexity index is 658. The highest BCUT2D eigenvalue weighted by Crippen LogP contribution is 2.28. The van der Waals surface area contributed by atoms with Crippen molar-refractivity contribution in [3.63, 3.8) is 0 Å². The van der Waals surface area contributed by atoms with Crippen molar-refractivity contribution >= 4 is 23.2 Å². The van der Waals surface area contributed by atoms with Crippen molar-refractivity contribution < 1.29 is 9.90 Å². The van der Waals surface area contributed by atoms with E-state index < -0.39 is 5.97 Å². The van der Waals surface area contributed by atoms with Crippen LogP contribution in [0.1, 0.15) is 43.9 Å². The normalized spacial score (nSPS) is 13.7. The van der Waals surface area contributed by atoms with Crippen LogP contribution in [0.25, 0.3) is 5.65 Å². The lowest BCUT2D eigenvalue weighted by atomic mass is 9.80. The third-order valence-corrected chi connectivity index (χ3v) is 4.02. The minimum Gasteiger partial charge on any atom is -0.478 e. The molecular weight excluding hydrogens is 278 g/mol. The van der Waals surface area contributed by atoms with Crippen LogP contribution in [0.3, 0.4) is 0 Å². The predicted octanol–water partition coefficient (Wildman–Crippen LogP) is 3.31. The molecule has 0 fully saturated rings. The van der Waals surface area contributed by atoms with Crippen LogP contribution in [-0.2, 0) is 6.42 Å². The molecule has 0 aliphatic carbocycles. The molecule has 6 heteroatoms. The summed E-state index contributed by atoms with van der Waals surface area (Å²) in [6.45, 7) is 8.63. The fourth-order valence-corrected chi connectivity index (χ4v) is 2.08. The van der Waals surface area contributed by atoms with Gasteiger partial charge < -0.3 is 5.11 Å². The summed E-state index contributed by atoms with van der Waals surface area (Å²) in [6, 6.07) is 1.39. The van der Waals surface area contributed by atoms with Gasteiger partial charge in [-0.15, -0.1) is 10.2 Å². The number of aromatic carboxylic acids is 1. The lowest BCUT2D eigenvalue weighted by molar-refractivity contribution is 0.0696. The Morgan fingerprint density at radius 2 is 2.10 bits per heavy atom. The fraction of sp³-hybridized carbons (Fsp3) is 0.500. The summed E-state index contributed by atoms with van der Waals surface area (Å²) in [4.78, 5) is 11.1. The molecule has 2 heterocycles. The molecular formula is C14H18ClN3O2. The fourth-order valence-electron chi connectivity index (χ4n) is 1.84. The van der Waals surface area contributed by atoms with E-state index in [-0.39, 0.29) is 11.0 Å². The molecule has 0 spiro atoms. The van der Waals surface area contributed by atoms with Gasteiger partial charge in [0.25, 0.3) is 0 Å². The summed E-state index contributed by atoms with van der Waals surface area (Å²) in [5, 5.41) is 17.6. The number of carboxylic acids is 1. The van der Waals surface area contributed by atoms with Gasteiger partial charge in [-0.25, -0.2) is 4.79 Å². The highest BCUT2D eigenvalue weighted by Gasteiger charge is 2.23. The Balaban J connectivity index is 2.48. The van der Waals surface area contributed by atoms with Gasteiger partial charge in [0.1, 0.15) is 5.82 Å². The van der Waals surface area contributed by atoms with Crippen molar-refractivity contribution in [1.29, 1.82) is 0 Å². The first-order chi connectivity index (χ1) is 9.20. The summed E-state index contributed by atoms with van der Waals surface area (Å²) < 4.78 is 1.67. The van der Waals surface area contributed by atoms with Crippen molar-refractivity contribution in [3.05, 3.63) is 28.7 Å². The highest BCUT2D eigenvalue weighted by molar-refractivity contribution is 6.33. The molecule has 0 saturated heterocycles. The Morgan fingerprint density at radius 1 is 1.45 bits per heavy atom. The van der Waals surface area contributed by atoms with Crippen molar-refractivity contribution in [2.75, 3.05) is 0 Å². The number of hydrogen-bond acceptors (Lipinski definition) is 3. The first kappa shape index (κ1) is 14.8. The number of carboxylic acid groups (broad SMARTS) is 1. The van der Waals surface area contributed by atoms with Gasteiger partial charge in [-0.05, 0) is 17.4 Å². The molecule has 2 aromatic rings. The van der Waals surface area contributed by atoms with Crippen LogP contribution in [-0.4, -0.2) is 25.7 Å².